The van der Waals surface area contributed by atoms with E-state index in [1.54, 1.807) is 0 Å². The van der Waals surface area contributed by atoms with Crippen molar-refractivity contribution in [3.8, 4) is 0 Å². The highest BCUT2D eigenvalue weighted by atomic mass is 16.2. The van der Waals surface area contributed by atoms with Crippen molar-refractivity contribution < 1.29 is 0 Å². The minimum Gasteiger partial charge on any atom is -0.356 e. The number of fused-ring (bicyclic) bond motifs is 1. The summed E-state index contributed by atoms with van der Waals surface area (Å²) in [6.45, 7) is 8.40. The van der Waals surface area contributed by atoms with E-state index in [1.807, 2.05) is 6.92 Å². The molecule has 7 nitrogen and oxygen atoms in total. The predicted octanol–water partition coefficient (Wildman–Crippen LogP) is 1.24. The van der Waals surface area contributed by atoms with Crippen molar-refractivity contribution in [1.29, 1.82) is 0 Å². The molecular weight excluding hydrogens is 318 g/mol. The number of nitrogens with two attached hydrogens (primary N) is 1. The second-order valence-corrected chi connectivity index (χ2v) is 7.80. The van der Waals surface area contributed by atoms with Crippen LogP contribution in [-0.4, -0.2) is 27.2 Å². The Hall–Kier alpha value is -2.31. The molecule has 3 heterocycles. The summed E-state index contributed by atoms with van der Waals surface area (Å²) in [4.78, 5) is 31.9. The zero-order valence-electron chi connectivity index (χ0n) is 15.0. The summed E-state index contributed by atoms with van der Waals surface area (Å²) in [5, 5.41) is 0. The number of hydrogen-bond acceptors (Lipinski definition) is 5. The van der Waals surface area contributed by atoms with Gasteiger partial charge in [0.25, 0.3) is 5.56 Å². The number of nitrogen functional groups attached to an aromatic ring is 1. The van der Waals surface area contributed by atoms with E-state index in [-0.39, 0.29) is 11.5 Å². The lowest BCUT2D eigenvalue weighted by atomic mass is 9.95. The molecule has 2 aromatic heterocycles. The lowest BCUT2D eigenvalue weighted by Crippen LogP contribution is -2.44. The van der Waals surface area contributed by atoms with Crippen LogP contribution in [0.1, 0.15) is 50.2 Å². The zero-order valence-corrected chi connectivity index (χ0v) is 15.0. The van der Waals surface area contributed by atoms with Crippen LogP contribution in [0.5, 0.6) is 0 Å². The van der Waals surface area contributed by atoms with Gasteiger partial charge in [-0.05, 0) is 43.9 Å². The van der Waals surface area contributed by atoms with Gasteiger partial charge < -0.3 is 10.7 Å². The maximum Gasteiger partial charge on any atom is 0.355 e. The molecule has 25 heavy (non-hydrogen) atoms. The van der Waals surface area contributed by atoms with Crippen molar-refractivity contribution in [3.63, 3.8) is 0 Å². The first-order valence-electron chi connectivity index (χ1n) is 9.07. The van der Waals surface area contributed by atoms with Gasteiger partial charge in [-0.3, -0.25) is 4.79 Å². The van der Waals surface area contributed by atoms with Crippen LogP contribution in [0.3, 0.4) is 0 Å². The Balaban J connectivity index is 1.91. The summed E-state index contributed by atoms with van der Waals surface area (Å²) >= 11 is 0. The Kier molecular flexibility index (Phi) is 3.63. The van der Waals surface area contributed by atoms with Gasteiger partial charge >= 0.3 is 5.69 Å². The van der Waals surface area contributed by atoms with E-state index in [0.29, 0.717) is 27.6 Å². The van der Waals surface area contributed by atoms with Crippen LogP contribution in [0.15, 0.2) is 15.9 Å². The number of nitrogens with zero attached hydrogens (tertiary/aromatic N) is 4. The van der Waals surface area contributed by atoms with Crippen molar-refractivity contribution in [2.75, 3.05) is 23.8 Å². The monoisotopic (exact) mass is 343 g/mol. The van der Waals surface area contributed by atoms with Crippen molar-refractivity contribution in [1.82, 2.24) is 14.1 Å². The largest absolute Gasteiger partial charge is 0.356 e. The van der Waals surface area contributed by atoms with Gasteiger partial charge in [0.1, 0.15) is 12.1 Å². The molecule has 2 fully saturated rings. The van der Waals surface area contributed by atoms with Gasteiger partial charge in [-0.2, -0.15) is 4.68 Å². The Morgan fingerprint density at radius 3 is 2.56 bits per heavy atom. The minimum absolute atomic E-state index is 0.203. The molecule has 7 heteroatoms. The van der Waals surface area contributed by atoms with Gasteiger partial charge in [0.05, 0.1) is 5.52 Å². The van der Waals surface area contributed by atoms with E-state index in [1.165, 1.54) is 10.7 Å². The molecule has 0 amide bonds. The molecule has 1 unspecified atom stereocenters. The summed E-state index contributed by atoms with van der Waals surface area (Å²) in [5.74, 6) is 8.09. The van der Waals surface area contributed by atoms with Crippen molar-refractivity contribution in [3.05, 3.63) is 38.3 Å². The topological polar surface area (TPSA) is 85.6 Å². The van der Waals surface area contributed by atoms with E-state index >= 15 is 0 Å². The van der Waals surface area contributed by atoms with E-state index < -0.39 is 5.69 Å². The standard InChI is InChI=1S/C18H25N5O2/c1-10(2)13-6-7-21(8-13)16-11(3)15-14(12-4-5-12)17(24)23(19)18(25)22(15)9-20-16/h9-10,12-13H,4-8,19H2,1-3H3. The number of rotatable bonds is 3. The van der Waals surface area contributed by atoms with Crippen LogP contribution >= 0.6 is 0 Å². The lowest BCUT2D eigenvalue weighted by Gasteiger charge is -2.22. The summed E-state index contributed by atoms with van der Waals surface area (Å²) in [6.07, 6.45) is 4.62. The minimum atomic E-state index is -0.534. The maximum atomic E-state index is 12.6. The zero-order chi connectivity index (χ0) is 17.9. The molecule has 0 bridgehead atoms. The van der Waals surface area contributed by atoms with E-state index in [2.05, 4.69) is 23.7 Å². The third-order valence-corrected chi connectivity index (χ3v) is 5.80. The SMILES string of the molecule is Cc1c(N2CCC(C(C)C)C2)ncn2c(=O)n(N)c(=O)c(C3CC3)c12. The predicted molar refractivity (Wildman–Crippen MR) is 97.7 cm³/mol. The average molecular weight is 343 g/mol. The highest BCUT2D eigenvalue weighted by Crippen LogP contribution is 2.41. The molecule has 1 aliphatic heterocycles. The first kappa shape index (κ1) is 16.2. The van der Waals surface area contributed by atoms with Crippen LogP contribution in [0, 0.1) is 18.8 Å². The second kappa shape index (κ2) is 5.61. The molecule has 0 radical (unpaired) electrons. The molecule has 2 aliphatic rings. The number of hydrogen-bond donors (Lipinski definition) is 1. The Bertz CT molecular complexity index is 955. The van der Waals surface area contributed by atoms with Crippen LogP contribution in [-0.2, 0) is 0 Å². The van der Waals surface area contributed by atoms with Crippen LogP contribution < -0.4 is 22.0 Å². The molecule has 1 atom stereocenters. The van der Waals surface area contributed by atoms with Gasteiger partial charge in [0.15, 0.2) is 0 Å². The first-order chi connectivity index (χ1) is 11.9. The quantitative estimate of drug-likeness (QED) is 0.848. The molecule has 2 aromatic rings. The fourth-order valence-electron chi connectivity index (χ4n) is 4.05. The highest BCUT2D eigenvalue weighted by Gasteiger charge is 2.33. The van der Waals surface area contributed by atoms with Crippen LogP contribution in [0.25, 0.3) is 5.52 Å². The summed E-state index contributed by atoms with van der Waals surface area (Å²) in [7, 11) is 0. The fraction of sp³-hybridized carbons (Fsp3) is 0.611. The number of aromatic nitrogens is 3. The molecule has 134 valence electrons. The van der Waals surface area contributed by atoms with Crippen LogP contribution in [0.4, 0.5) is 5.82 Å². The molecule has 1 aliphatic carbocycles. The van der Waals surface area contributed by atoms with Crippen LogP contribution in [0.2, 0.25) is 0 Å². The van der Waals surface area contributed by atoms with Crippen molar-refractivity contribution in [2.45, 2.75) is 46.0 Å². The van der Waals surface area contributed by atoms with Gasteiger partial charge in [-0.15, -0.1) is 0 Å². The molecular formula is C18H25N5O2. The molecule has 4 rings (SSSR count). The molecule has 1 saturated carbocycles. The number of aryl methyl sites for hydroxylation is 1. The smallest absolute Gasteiger partial charge is 0.355 e. The normalized spacial score (nSPS) is 20.8. The third kappa shape index (κ3) is 2.44. The summed E-state index contributed by atoms with van der Waals surface area (Å²) in [6, 6.07) is 0. The molecule has 1 saturated heterocycles. The Morgan fingerprint density at radius 2 is 1.96 bits per heavy atom. The van der Waals surface area contributed by atoms with E-state index in [4.69, 9.17) is 5.84 Å². The van der Waals surface area contributed by atoms with Gasteiger partial charge in [-0.1, -0.05) is 13.8 Å². The molecule has 0 aromatic carbocycles. The van der Waals surface area contributed by atoms with Gasteiger partial charge in [0, 0.05) is 24.2 Å². The maximum absolute atomic E-state index is 12.6. The first-order valence-corrected chi connectivity index (χ1v) is 9.07. The van der Waals surface area contributed by atoms with E-state index in [9.17, 15) is 9.59 Å². The number of anilines is 1. The third-order valence-electron chi connectivity index (χ3n) is 5.80. The molecule has 2 N–H and O–H groups in total. The lowest BCUT2D eigenvalue weighted by molar-refractivity contribution is 0.422. The molecule has 0 spiro atoms. The fourth-order valence-corrected chi connectivity index (χ4v) is 4.05. The Morgan fingerprint density at radius 1 is 1.24 bits per heavy atom. The van der Waals surface area contributed by atoms with Crippen molar-refractivity contribution in [2.24, 2.45) is 11.8 Å². The average Bonchev–Trinajstić information content (AvgIpc) is 3.29. The van der Waals surface area contributed by atoms with E-state index in [0.717, 1.165) is 43.7 Å². The van der Waals surface area contributed by atoms with Gasteiger partial charge in [-0.25, -0.2) is 14.2 Å². The summed E-state index contributed by atoms with van der Waals surface area (Å²) < 4.78 is 2.15. The Labute approximate surface area is 146 Å². The van der Waals surface area contributed by atoms with Crippen molar-refractivity contribution >= 4 is 11.3 Å². The second-order valence-electron chi connectivity index (χ2n) is 7.80. The van der Waals surface area contributed by atoms with Gasteiger partial charge in [0.2, 0.25) is 0 Å². The highest BCUT2D eigenvalue weighted by molar-refractivity contribution is 5.69. The summed E-state index contributed by atoms with van der Waals surface area (Å²) in [5.41, 5.74) is 1.38.